The third-order valence-electron chi connectivity index (χ3n) is 2.38. The van der Waals surface area contributed by atoms with Crippen molar-refractivity contribution in [1.29, 1.82) is 0 Å². The zero-order valence-corrected chi connectivity index (χ0v) is 10.1. The van der Waals surface area contributed by atoms with Gasteiger partial charge in [0, 0.05) is 6.20 Å². The molecule has 0 aliphatic heterocycles. The number of halogens is 2. The summed E-state index contributed by atoms with van der Waals surface area (Å²) in [4.78, 5) is 33.0. The SMILES string of the molecule is O=C(O)C[C@H](NC(=O)c1cccn1CC(F)F)C(=O)O. The summed E-state index contributed by atoms with van der Waals surface area (Å²) in [7, 11) is 0. The zero-order valence-electron chi connectivity index (χ0n) is 10.1. The Morgan fingerprint density at radius 2 is 1.95 bits per heavy atom. The maximum atomic E-state index is 12.3. The van der Waals surface area contributed by atoms with Crippen LogP contribution in [0.2, 0.25) is 0 Å². The lowest BCUT2D eigenvalue weighted by Crippen LogP contribution is -2.42. The second kappa shape index (κ2) is 6.64. The Balaban J connectivity index is 2.81. The van der Waals surface area contributed by atoms with Crippen LogP contribution in [0.4, 0.5) is 8.78 Å². The Kier molecular flexibility index (Phi) is 5.18. The molecule has 1 aromatic heterocycles. The largest absolute Gasteiger partial charge is 0.481 e. The van der Waals surface area contributed by atoms with Crippen LogP contribution in [0.15, 0.2) is 18.3 Å². The monoisotopic (exact) mass is 290 g/mol. The first-order chi connectivity index (χ1) is 9.31. The number of alkyl halides is 2. The van der Waals surface area contributed by atoms with Gasteiger partial charge in [0.25, 0.3) is 12.3 Å². The number of nitrogens with zero attached hydrogens (tertiary/aromatic N) is 1. The number of aliphatic carboxylic acids is 2. The third kappa shape index (κ3) is 4.34. The topological polar surface area (TPSA) is 109 Å². The van der Waals surface area contributed by atoms with Crippen LogP contribution in [-0.2, 0) is 16.1 Å². The number of carbonyl (C=O) groups is 3. The van der Waals surface area contributed by atoms with Crippen molar-refractivity contribution in [1.82, 2.24) is 9.88 Å². The summed E-state index contributed by atoms with van der Waals surface area (Å²) in [6, 6.07) is 0.955. The molecule has 1 amide bonds. The molecule has 0 unspecified atom stereocenters. The first-order valence-corrected chi connectivity index (χ1v) is 5.50. The van der Waals surface area contributed by atoms with Crippen LogP contribution in [0.5, 0.6) is 0 Å². The summed E-state index contributed by atoms with van der Waals surface area (Å²) in [6.45, 7) is -0.716. The van der Waals surface area contributed by atoms with Crippen molar-refractivity contribution < 1.29 is 33.4 Å². The molecule has 0 saturated carbocycles. The van der Waals surface area contributed by atoms with E-state index in [-0.39, 0.29) is 5.69 Å². The molecule has 0 saturated heterocycles. The van der Waals surface area contributed by atoms with E-state index in [1.807, 2.05) is 5.32 Å². The lowest BCUT2D eigenvalue weighted by Gasteiger charge is -2.14. The molecule has 1 aromatic rings. The van der Waals surface area contributed by atoms with Gasteiger partial charge in [-0.3, -0.25) is 9.59 Å². The molecule has 9 heteroatoms. The van der Waals surface area contributed by atoms with Crippen LogP contribution in [-0.4, -0.2) is 45.1 Å². The molecule has 0 spiro atoms. The van der Waals surface area contributed by atoms with E-state index in [1.54, 1.807) is 0 Å². The third-order valence-corrected chi connectivity index (χ3v) is 2.38. The molecule has 1 heterocycles. The van der Waals surface area contributed by atoms with E-state index in [0.717, 1.165) is 4.57 Å². The van der Waals surface area contributed by atoms with E-state index in [2.05, 4.69) is 0 Å². The normalized spacial score (nSPS) is 12.2. The molecule has 110 valence electrons. The van der Waals surface area contributed by atoms with E-state index < -0.39 is 43.3 Å². The molecular formula is C11H12F2N2O5. The van der Waals surface area contributed by atoms with Crippen LogP contribution >= 0.6 is 0 Å². The Morgan fingerprint density at radius 1 is 1.30 bits per heavy atom. The van der Waals surface area contributed by atoms with Gasteiger partial charge in [-0.15, -0.1) is 0 Å². The number of amides is 1. The standard InChI is InChI=1S/C11H12F2N2O5/c12-8(13)5-15-3-1-2-7(15)10(18)14-6(11(19)20)4-9(16)17/h1-3,6,8H,4-5H2,(H,14,18)(H,16,17)(H,19,20)/t6-/m0/s1. The Labute approximate surface area is 111 Å². The highest BCUT2D eigenvalue weighted by molar-refractivity contribution is 5.96. The second-order valence-corrected chi connectivity index (χ2v) is 3.90. The molecule has 0 fully saturated rings. The van der Waals surface area contributed by atoms with Gasteiger partial charge in [-0.05, 0) is 12.1 Å². The van der Waals surface area contributed by atoms with Crippen molar-refractivity contribution in [2.75, 3.05) is 0 Å². The molecule has 0 aromatic carbocycles. The van der Waals surface area contributed by atoms with Crippen LogP contribution in [0.1, 0.15) is 16.9 Å². The summed E-state index contributed by atoms with van der Waals surface area (Å²) < 4.78 is 25.5. The van der Waals surface area contributed by atoms with Crippen molar-refractivity contribution in [3.63, 3.8) is 0 Å². The van der Waals surface area contributed by atoms with Gasteiger partial charge in [-0.25, -0.2) is 13.6 Å². The molecule has 7 nitrogen and oxygen atoms in total. The van der Waals surface area contributed by atoms with Gasteiger partial charge in [0.1, 0.15) is 11.7 Å². The fourth-order valence-electron chi connectivity index (χ4n) is 1.54. The summed E-state index contributed by atoms with van der Waals surface area (Å²) in [5, 5.41) is 19.3. The van der Waals surface area contributed by atoms with Gasteiger partial charge in [-0.1, -0.05) is 0 Å². The van der Waals surface area contributed by atoms with E-state index in [0.29, 0.717) is 0 Å². The van der Waals surface area contributed by atoms with Crippen LogP contribution in [0, 0.1) is 0 Å². The van der Waals surface area contributed by atoms with E-state index in [1.165, 1.54) is 18.3 Å². The first kappa shape index (κ1) is 15.6. The fraction of sp³-hybridized carbons (Fsp3) is 0.364. The number of carboxylic acids is 2. The number of rotatable bonds is 7. The van der Waals surface area contributed by atoms with Gasteiger partial charge < -0.3 is 20.1 Å². The molecule has 0 aliphatic carbocycles. The number of hydrogen-bond acceptors (Lipinski definition) is 3. The number of carbonyl (C=O) groups excluding carboxylic acids is 1. The predicted octanol–water partition coefficient (Wildman–Crippen LogP) is 0.411. The molecule has 1 atom stereocenters. The quantitative estimate of drug-likeness (QED) is 0.674. The van der Waals surface area contributed by atoms with Gasteiger partial charge in [-0.2, -0.15) is 0 Å². The second-order valence-electron chi connectivity index (χ2n) is 3.90. The summed E-state index contributed by atoms with van der Waals surface area (Å²) in [6.07, 6.45) is -2.24. The lowest BCUT2D eigenvalue weighted by atomic mass is 10.2. The summed E-state index contributed by atoms with van der Waals surface area (Å²) in [5.74, 6) is -3.85. The van der Waals surface area contributed by atoms with E-state index >= 15 is 0 Å². The molecule has 20 heavy (non-hydrogen) atoms. The van der Waals surface area contributed by atoms with Crippen molar-refractivity contribution in [2.45, 2.75) is 25.4 Å². The van der Waals surface area contributed by atoms with E-state index in [4.69, 9.17) is 10.2 Å². The first-order valence-electron chi connectivity index (χ1n) is 5.50. The minimum absolute atomic E-state index is 0.165. The Bertz CT molecular complexity index is 515. The predicted molar refractivity (Wildman–Crippen MR) is 61.6 cm³/mol. The smallest absolute Gasteiger partial charge is 0.326 e. The molecule has 1 rings (SSSR count). The summed E-state index contributed by atoms with van der Waals surface area (Å²) in [5.41, 5.74) is -0.165. The van der Waals surface area contributed by atoms with E-state index in [9.17, 15) is 23.2 Å². The van der Waals surface area contributed by atoms with Gasteiger partial charge >= 0.3 is 11.9 Å². The van der Waals surface area contributed by atoms with Crippen molar-refractivity contribution in [3.05, 3.63) is 24.0 Å². The summed E-state index contributed by atoms with van der Waals surface area (Å²) >= 11 is 0. The highest BCUT2D eigenvalue weighted by Crippen LogP contribution is 2.07. The van der Waals surface area contributed by atoms with Crippen LogP contribution in [0.3, 0.4) is 0 Å². The molecular weight excluding hydrogens is 278 g/mol. The molecule has 3 N–H and O–H groups in total. The van der Waals surface area contributed by atoms with Crippen molar-refractivity contribution in [3.8, 4) is 0 Å². The minimum Gasteiger partial charge on any atom is -0.481 e. The van der Waals surface area contributed by atoms with Gasteiger partial charge in [0.2, 0.25) is 0 Å². The number of nitrogens with one attached hydrogen (secondary N) is 1. The minimum atomic E-state index is -2.68. The highest BCUT2D eigenvalue weighted by atomic mass is 19.3. The van der Waals surface area contributed by atoms with Gasteiger partial charge in [0.15, 0.2) is 0 Å². The number of carboxylic acid groups (broad SMARTS) is 2. The fourth-order valence-corrected chi connectivity index (χ4v) is 1.54. The maximum absolute atomic E-state index is 12.3. The molecule has 0 bridgehead atoms. The van der Waals surface area contributed by atoms with Crippen LogP contribution in [0.25, 0.3) is 0 Å². The number of aromatic nitrogens is 1. The lowest BCUT2D eigenvalue weighted by molar-refractivity contribution is -0.145. The molecule has 0 aliphatic rings. The Morgan fingerprint density at radius 3 is 2.45 bits per heavy atom. The Hall–Kier alpha value is -2.45. The zero-order chi connectivity index (χ0) is 15.3. The highest BCUT2D eigenvalue weighted by Gasteiger charge is 2.25. The average molecular weight is 290 g/mol. The average Bonchev–Trinajstić information content (AvgIpc) is 2.74. The van der Waals surface area contributed by atoms with Gasteiger partial charge in [0.05, 0.1) is 13.0 Å². The van der Waals surface area contributed by atoms with Crippen molar-refractivity contribution in [2.24, 2.45) is 0 Å². The van der Waals surface area contributed by atoms with Crippen molar-refractivity contribution >= 4 is 17.8 Å². The van der Waals surface area contributed by atoms with Crippen LogP contribution < -0.4 is 5.32 Å². The number of hydrogen-bond donors (Lipinski definition) is 3. The maximum Gasteiger partial charge on any atom is 0.326 e. The molecule has 0 radical (unpaired) electrons.